The van der Waals surface area contributed by atoms with Crippen molar-refractivity contribution in [3.63, 3.8) is 0 Å². The van der Waals surface area contributed by atoms with Crippen molar-refractivity contribution in [2.24, 2.45) is 0 Å². The van der Waals surface area contributed by atoms with Crippen molar-refractivity contribution >= 4 is 34.8 Å². The Morgan fingerprint density at radius 2 is 1.71 bits per heavy atom. The number of halogens is 4. The number of fused-ring (bicyclic) bond motifs is 1. The first-order valence-corrected chi connectivity index (χ1v) is 9.65. The first kappa shape index (κ1) is 19.2. The van der Waals surface area contributed by atoms with Crippen LogP contribution < -0.4 is 10.3 Å². The van der Waals surface area contributed by atoms with Crippen molar-refractivity contribution in [1.82, 2.24) is 9.36 Å². The Kier molecular flexibility index (Phi) is 5.04. The van der Waals surface area contributed by atoms with Gasteiger partial charge in [0.1, 0.15) is 16.7 Å². The summed E-state index contributed by atoms with van der Waals surface area (Å²) >= 11 is 18.3. The van der Waals surface area contributed by atoms with Crippen molar-refractivity contribution < 1.29 is 14.2 Å². The van der Waals surface area contributed by atoms with E-state index in [1.165, 1.54) is 28.9 Å². The molecule has 0 atom stereocenters. The molecule has 1 aliphatic rings. The maximum absolute atomic E-state index is 14.7. The van der Waals surface area contributed by atoms with E-state index in [2.05, 4.69) is 0 Å². The predicted octanol–water partition coefficient (Wildman–Crippen LogP) is 5.71. The van der Waals surface area contributed by atoms with E-state index in [1.54, 1.807) is 4.68 Å². The maximum Gasteiger partial charge on any atom is 0.276 e. The molecule has 0 unspecified atom stereocenters. The number of nitrogens with zero attached hydrogens (tertiary/aromatic N) is 2. The third-order valence-corrected chi connectivity index (χ3v) is 5.51. The SMILES string of the molecule is O=c1c(-c2cc(Oc3ccc(Cl)cc3O)c(Cl)cc2F)c(Cl)n2n1CCCC2. The number of aromatic hydroxyl groups is 1. The molecule has 0 saturated carbocycles. The van der Waals surface area contributed by atoms with Crippen LogP contribution in [0, 0.1) is 5.82 Å². The van der Waals surface area contributed by atoms with Gasteiger partial charge in [-0.3, -0.25) is 9.48 Å². The number of hydrogen-bond acceptors (Lipinski definition) is 3. The number of phenols is 1. The van der Waals surface area contributed by atoms with Gasteiger partial charge in [0.2, 0.25) is 0 Å². The largest absolute Gasteiger partial charge is 0.504 e. The summed E-state index contributed by atoms with van der Waals surface area (Å²) in [5, 5.41) is 10.5. The average Bonchev–Trinajstić information content (AvgIpc) is 2.91. The van der Waals surface area contributed by atoms with E-state index in [1.807, 2.05) is 0 Å². The first-order valence-electron chi connectivity index (χ1n) is 8.51. The van der Waals surface area contributed by atoms with Gasteiger partial charge in [-0.15, -0.1) is 0 Å². The van der Waals surface area contributed by atoms with Crippen molar-refractivity contribution in [3.8, 4) is 28.4 Å². The fraction of sp³-hybridized carbons (Fsp3) is 0.211. The summed E-state index contributed by atoms with van der Waals surface area (Å²) in [6.07, 6.45) is 1.74. The molecule has 146 valence electrons. The molecule has 1 N–H and O–H groups in total. The Bertz CT molecular complexity index is 1140. The van der Waals surface area contributed by atoms with Crippen LogP contribution in [0.25, 0.3) is 11.1 Å². The second-order valence-corrected chi connectivity index (χ2v) is 7.60. The van der Waals surface area contributed by atoms with Gasteiger partial charge in [-0.2, -0.15) is 0 Å². The monoisotopic (exact) mass is 442 g/mol. The molecule has 9 heteroatoms. The minimum atomic E-state index is -0.694. The number of rotatable bonds is 3. The van der Waals surface area contributed by atoms with Gasteiger partial charge in [-0.25, -0.2) is 9.07 Å². The normalized spacial score (nSPS) is 13.4. The van der Waals surface area contributed by atoms with Crippen molar-refractivity contribution in [3.05, 3.63) is 61.7 Å². The molecule has 1 aliphatic heterocycles. The van der Waals surface area contributed by atoms with E-state index in [4.69, 9.17) is 39.5 Å². The number of phenolic OH excluding ortho intramolecular Hbond substituents is 1. The standard InChI is InChI=1S/C19H14Cl3FN2O3/c20-10-3-4-15(14(26)7-10)28-16-8-11(13(23)9-12(16)21)17-18(22)24-5-1-2-6-25(24)19(17)27/h3-4,7-9,26H,1-2,5-6H2. The van der Waals surface area contributed by atoms with Gasteiger partial charge < -0.3 is 9.84 Å². The van der Waals surface area contributed by atoms with Crippen molar-refractivity contribution in [2.45, 2.75) is 25.9 Å². The Morgan fingerprint density at radius 1 is 1.00 bits per heavy atom. The van der Waals surface area contributed by atoms with Gasteiger partial charge in [0.25, 0.3) is 5.56 Å². The van der Waals surface area contributed by atoms with Crippen molar-refractivity contribution in [1.29, 1.82) is 0 Å². The second-order valence-electron chi connectivity index (χ2n) is 6.40. The molecule has 0 bridgehead atoms. The predicted molar refractivity (Wildman–Crippen MR) is 107 cm³/mol. The molecule has 0 fully saturated rings. The minimum absolute atomic E-state index is 0.0164. The molecule has 5 nitrogen and oxygen atoms in total. The number of ether oxygens (including phenoxy) is 1. The van der Waals surface area contributed by atoms with Gasteiger partial charge in [-0.05, 0) is 37.1 Å². The maximum atomic E-state index is 14.7. The van der Waals surface area contributed by atoms with Crippen LogP contribution in [0.3, 0.4) is 0 Å². The lowest BCUT2D eigenvalue weighted by Crippen LogP contribution is -2.27. The highest BCUT2D eigenvalue weighted by atomic mass is 35.5. The van der Waals surface area contributed by atoms with Crippen molar-refractivity contribution in [2.75, 3.05) is 0 Å². The fourth-order valence-corrected chi connectivity index (χ4v) is 3.96. The van der Waals surface area contributed by atoms with Gasteiger partial charge in [0.15, 0.2) is 11.5 Å². The molecule has 0 radical (unpaired) electrons. The van der Waals surface area contributed by atoms with Gasteiger partial charge >= 0.3 is 0 Å². The topological polar surface area (TPSA) is 56.4 Å². The van der Waals surface area contributed by atoms with E-state index in [-0.39, 0.29) is 44.1 Å². The summed E-state index contributed by atoms with van der Waals surface area (Å²) in [5.41, 5.74) is -0.327. The lowest BCUT2D eigenvalue weighted by molar-refractivity contribution is 0.356. The number of hydrogen-bond donors (Lipinski definition) is 1. The van der Waals surface area contributed by atoms with Crippen LogP contribution in [0.15, 0.2) is 35.1 Å². The lowest BCUT2D eigenvalue weighted by atomic mass is 10.1. The molecule has 1 aromatic heterocycles. The summed E-state index contributed by atoms with van der Waals surface area (Å²) < 4.78 is 23.5. The molecule has 2 heterocycles. The average molecular weight is 444 g/mol. The molecule has 0 amide bonds. The Labute approximate surface area is 174 Å². The quantitative estimate of drug-likeness (QED) is 0.564. The zero-order valence-electron chi connectivity index (χ0n) is 14.4. The van der Waals surface area contributed by atoms with E-state index in [9.17, 15) is 14.3 Å². The molecule has 28 heavy (non-hydrogen) atoms. The summed E-state index contributed by atoms with van der Waals surface area (Å²) in [5.74, 6) is -0.740. The van der Waals surface area contributed by atoms with Gasteiger partial charge in [-0.1, -0.05) is 34.8 Å². The number of benzene rings is 2. The van der Waals surface area contributed by atoms with Crippen LogP contribution in [0.4, 0.5) is 4.39 Å². The van der Waals surface area contributed by atoms with Crippen LogP contribution in [-0.4, -0.2) is 14.5 Å². The minimum Gasteiger partial charge on any atom is -0.504 e. The molecule has 2 aromatic carbocycles. The zero-order valence-corrected chi connectivity index (χ0v) is 16.7. The molecule has 4 rings (SSSR count). The van der Waals surface area contributed by atoms with Gasteiger partial charge in [0, 0.05) is 29.7 Å². The Hall–Kier alpha value is -2.15. The highest BCUT2D eigenvalue weighted by Gasteiger charge is 2.25. The van der Waals surface area contributed by atoms with Crippen LogP contribution in [0.1, 0.15) is 12.8 Å². The Morgan fingerprint density at radius 3 is 2.39 bits per heavy atom. The molecule has 3 aromatic rings. The van der Waals surface area contributed by atoms with E-state index in [0.717, 1.165) is 18.9 Å². The lowest BCUT2D eigenvalue weighted by Gasteiger charge is -2.17. The van der Waals surface area contributed by atoms with Crippen LogP contribution in [0.5, 0.6) is 17.2 Å². The fourth-order valence-electron chi connectivity index (χ4n) is 3.25. The molecular formula is C19H14Cl3FN2O3. The highest BCUT2D eigenvalue weighted by molar-refractivity contribution is 6.33. The molecule has 0 spiro atoms. The van der Waals surface area contributed by atoms with E-state index in [0.29, 0.717) is 18.1 Å². The van der Waals surface area contributed by atoms with Crippen LogP contribution in [0.2, 0.25) is 15.2 Å². The smallest absolute Gasteiger partial charge is 0.276 e. The third-order valence-electron chi connectivity index (χ3n) is 4.59. The van der Waals surface area contributed by atoms with Crippen LogP contribution >= 0.6 is 34.8 Å². The summed E-state index contributed by atoms with van der Waals surface area (Å²) in [7, 11) is 0. The second kappa shape index (κ2) is 7.35. The van der Waals surface area contributed by atoms with E-state index < -0.39 is 5.82 Å². The first-order chi connectivity index (χ1) is 13.4. The summed E-state index contributed by atoms with van der Waals surface area (Å²) in [4.78, 5) is 12.8. The zero-order chi connectivity index (χ0) is 20.0. The molecular weight excluding hydrogens is 430 g/mol. The number of aromatic nitrogens is 2. The highest BCUT2D eigenvalue weighted by Crippen LogP contribution is 2.40. The van der Waals surface area contributed by atoms with Gasteiger partial charge in [0.05, 0.1) is 10.6 Å². The molecule has 0 aliphatic carbocycles. The summed E-state index contributed by atoms with van der Waals surface area (Å²) in [6.45, 7) is 1.11. The molecule has 0 saturated heterocycles. The van der Waals surface area contributed by atoms with E-state index >= 15 is 0 Å². The van der Waals surface area contributed by atoms with Crippen LogP contribution in [-0.2, 0) is 13.1 Å². The third kappa shape index (κ3) is 3.26. The summed E-state index contributed by atoms with van der Waals surface area (Å²) in [6, 6.07) is 6.65. The Balaban J connectivity index is 1.83.